The number of hydrogen-bond donors (Lipinski definition) is 1. The Morgan fingerprint density at radius 1 is 1.23 bits per heavy atom. The van der Waals surface area contributed by atoms with E-state index in [1.807, 2.05) is 0 Å². The summed E-state index contributed by atoms with van der Waals surface area (Å²) in [6.45, 7) is 7.65. The molecule has 2 N–H and O–H groups in total. The first-order valence-corrected chi connectivity index (χ1v) is 5.59. The summed E-state index contributed by atoms with van der Waals surface area (Å²) < 4.78 is 0. The van der Waals surface area contributed by atoms with Crippen LogP contribution < -0.4 is 5.73 Å². The number of hydrogen-bond acceptors (Lipinski definition) is 2. The van der Waals surface area contributed by atoms with Gasteiger partial charge in [-0.1, -0.05) is 13.8 Å². The van der Waals surface area contributed by atoms with Crippen molar-refractivity contribution in [2.75, 3.05) is 13.6 Å². The van der Waals surface area contributed by atoms with Gasteiger partial charge in [-0.3, -0.25) is 0 Å². The van der Waals surface area contributed by atoms with Crippen LogP contribution in [0.4, 0.5) is 0 Å². The Labute approximate surface area is 83.5 Å². The van der Waals surface area contributed by atoms with E-state index in [4.69, 9.17) is 5.73 Å². The molecule has 0 aromatic rings. The highest BCUT2D eigenvalue weighted by atomic mass is 15.1. The van der Waals surface area contributed by atoms with E-state index in [0.29, 0.717) is 6.04 Å². The topological polar surface area (TPSA) is 29.3 Å². The molecular weight excluding hydrogens is 160 g/mol. The standard InChI is InChI=1S/C11H26N2/c1-5-11(6-2)13(4)10(3)8-7-9-12/h10-11H,5-9,12H2,1-4H3. The Morgan fingerprint density at radius 3 is 2.15 bits per heavy atom. The van der Waals surface area contributed by atoms with Crippen molar-refractivity contribution < 1.29 is 0 Å². The van der Waals surface area contributed by atoms with Gasteiger partial charge in [0.15, 0.2) is 0 Å². The highest BCUT2D eigenvalue weighted by molar-refractivity contribution is 4.71. The molecule has 0 rings (SSSR count). The zero-order valence-corrected chi connectivity index (χ0v) is 9.71. The molecule has 0 bridgehead atoms. The number of nitrogens with zero attached hydrogens (tertiary/aromatic N) is 1. The van der Waals surface area contributed by atoms with Crippen LogP contribution in [0.25, 0.3) is 0 Å². The average Bonchev–Trinajstić information content (AvgIpc) is 2.15. The van der Waals surface area contributed by atoms with Gasteiger partial charge in [0.1, 0.15) is 0 Å². The van der Waals surface area contributed by atoms with E-state index in [-0.39, 0.29) is 0 Å². The molecule has 0 heterocycles. The van der Waals surface area contributed by atoms with Gasteiger partial charge in [-0.05, 0) is 46.2 Å². The maximum atomic E-state index is 5.50. The van der Waals surface area contributed by atoms with E-state index in [0.717, 1.165) is 19.0 Å². The van der Waals surface area contributed by atoms with Gasteiger partial charge in [-0.25, -0.2) is 0 Å². The molecule has 0 aliphatic rings. The lowest BCUT2D eigenvalue weighted by atomic mass is 10.1. The smallest absolute Gasteiger partial charge is 0.00897 e. The molecule has 0 fully saturated rings. The lowest BCUT2D eigenvalue weighted by Crippen LogP contribution is -2.38. The maximum absolute atomic E-state index is 5.50. The highest BCUT2D eigenvalue weighted by Gasteiger charge is 2.15. The van der Waals surface area contributed by atoms with Crippen LogP contribution in [0.15, 0.2) is 0 Å². The van der Waals surface area contributed by atoms with E-state index in [1.165, 1.54) is 19.3 Å². The molecule has 0 radical (unpaired) electrons. The molecule has 2 heteroatoms. The Kier molecular flexibility index (Phi) is 7.29. The zero-order valence-electron chi connectivity index (χ0n) is 9.71. The van der Waals surface area contributed by atoms with Gasteiger partial charge in [-0.15, -0.1) is 0 Å². The van der Waals surface area contributed by atoms with E-state index in [1.54, 1.807) is 0 Å². The van der Waals surface area contributed by atoms with Gasteiger partial charge in [0.05, 0.1) is 0 Å². The summed E-state index contributed by atoms with van der Waals surface area (Å²) in [7, 11) is 2.23. The van der Waals surface area contributed by atoms with Crippen LogP contribution in [0.5, 0.6) is 0 Å². The van der Waals surface area contributed by atoms with E-state index < -0.39 is 0 Å². The van der Waals surface area contributed by atoms with Crippen LogP contribution in [0.1, 0.15) is 46.5 Å². The van der Waals surface area contributed by atoms with E-state index >= 15 is 0 Å². The van der Waals surface area contributed by atoms with Gasteiger partial charge < -0.3 is 10.6 Å². The quantitative estimate of drug-likeness (QED) is 0.660. The molecule has 0 saturated heterocycles. The summed E-state index contributed by atoms with van der Waals surface area (Å²) in [5, 5.41) is 0. The zero-order chi connectivity index (χ0) is 10.3. The molecule has 0 aliphatic heterocycles. The summed E-state index contributed by atoms with van der Waals surface area (Å²) >= 11 is 0. The molecule has 80 valence electrons. The third-order valence-electron chi connectivity index (χ3n) is 3.04. The fourth-order valence-corrected chi connectivity index (χ4v) is 1.84. The van der Waals surface area contributed by atoms with Crippen molar-refractivity contribution in [3.05, 3.63) is 0 Å². The number of rotatable bonds is 7. The summed E-state index contributed by atoms with van der Waals surface area (Å²) in [4.78, 5) is 2.50. The second kappa shape index (κ2) is 7.34. The second-order valence-corrected chi connectivity index (χ2v) is 3.92. The molecule has 1 unspecified atom stereocenters. The first-order chi connectivity index (χ1) is 6.17. The van der Waals surface area contributed by atoms with Crippen LogP contribution >= 0.6 is 0 Å². The second-order valence-electron chi connectivity index (χ2n) is 3.92. The predicted octanol–water partition coefficient (Wildman–Crippen LogP) is 2.23. The first-order valence-electron chi connectivity index (χ1n) is 5.59. The van der Waals surface area contributed by atoms with Gasteiger partial charge in [0.2, 0.25) is 0 Å². The molecule has 0 aliphatic carbocycles. The van der Waals surface area contributed by atoms with Crippen molar-refractivity contribution in [3.63, 3.8) is 0 Å². The van der Waals surface area contributed by atoms with Crippen LogP contribution in [0.3, 0.4) is 0 Å². The Hall–Kier alpha value is -0.0800. The highest BCUT2D eigenvalue weighted by Crippen LogP contribution is 2.12. The Morgan fingerprint density at radius 2 is 1.77 bits per heavy atom. The average molecular weight is 186 g/mol. The van der Waals surface area contributed by atoms with Crippen LogP contribution in [0.2, 0.25) is 0 Å². The summed E-state index contributed by atoms with van der Waals surface area (Å²) in [5.41, 5.74) is 5.50. The largest absolute Gasteiger partial charge is 0.330 e. The third-order valence-corrected chi connectivity index (χ3v) is 3.04. The van der Waals surface area contributed by atoms with Crippen molar-refractivity contribution in [3.8, 4) is 0 Å². The molecule has 0 spiro atoms. The minimum absolute atomic E-state index is 0.674. The molecule has 13 heavy (non-hydrogen) atoms. The van der Waals surface area contributed by atoms with Crippen molar-refractivity contribution in [1.29, 1.82) is 0 Å². The molecule has 0 aromatic carbocycles. The molecule has 0 amide bonds. The van der Waals surface area contributed by atoms with E-state index in [2.05, 4.69) is 32.7 Å². The Bertz CT molecular complexity index is 111. The SMILES string of the molecule is CCC(CC)N(C)C(C)CCCN. The summed E-state index contributed by atoms with van der Waals surface area (Å²) in [6.07, 6.45) is 4.87. The Balaban J connectivity index is 3.83. The lowest BCUT2D eigenvalue weighted by molar-refractivity contribution is 0.165. The normalized spacial score (nSPS) is 14.1. The molecule has 0 aromatic heterocycles. The van der Waals surface area contributed by atoms with E-state index in [9.17, 15) is 0 Å². The lowest BCUT2D eigenvalue weighted by Gasteiger charge is -2.32. The summed E-state index contributed by atoms with van der Waals surface area (Å²) in [6, 6.07) is 1.42. The van der Waals surface area contributed by atoms with Crippen molar-refractivity contribution in [1.82, 2.24) is 4.90 Å². The fraction of sp³-hybridized carbons (Fsp3) is 1.00. The third kappa shape index (κ3) is 4.63. The monoisotopic (exact) mass is 186 g/mol. The van der Waals surface area contributed by atoms with Gasteiger partial charge >= 0.3 is 0 Å². The minimum Gasteiger partial charge on any atom is -0.330 e. The van der Waals surface area contributed by atoms with Gasteiger partial charge in [0.25, 0.3) is 0 Å². The van der Waals surface area contributed by atoms with Gasteiger partial charge in [-0.2, -0.15) is 0 Å². The molecular formula is C11H26N2. The van der Waals surface area contributed by atoms with Crippen LogP contribution in [-0.2, 0) is 0 Å². The van der Waals surface area contributed by atoms with Crippen molar-refractivity contribution in [2.45, 2.75) is 58.5 Å². The fourth-order valence-electron chi connectivity index (χ4n) is 1.84. The van der Waals surface area contributed by atoms with Crippen LogP contribution in [0, 0.1) is 0 Å². The van der Waals surface area contributed by atoms with Crippen LogP contribution in [-0.4, -0.2) is 30.6 Å². The molecule has 2 nitrogen and oxygen atoms in total. The molecule has 0 saturated carbocycles. The number of nitrogens with two attached hydrogens (primary N) is 1. The minimum atomic E-state index is 0.674. The van der Waals surface area contributed by atoms with Gasteiger partial charge in [0, 0.05) is 12.1 Å². The maximum Gasteiger partial charge on any atom is 0.00897 e. The molecule has 1 atom stereocenters. The van der Waals surface area contributed by atoms with Crippen molar-refractivity contribution >= 4 is 0 Å². The summed E-state index contributed by atoms with van der Waals surface area (Å²) in [5.74, 6) is 0. The first kappa shape index (κ1) is 12.9. The van der Waals surface area contributed by atoms with Crippen molar-refractivity contribution in [2.24, 2.45) is 5.73 Å². The predicted molar refractivity (Wildman–Crippen MR) is 59.9 cm³/mol.